The molecular formula is C15H17FN2. The summed E-state index contributed by atoms with van der Waals surface area (Å²) < 4.78 is 13.8. The van der Waals surface area contributed by atoms with E-state index in [9.17, 15) is 4.39 Å². The van der Waals surface area contributed by atoms with Crippen LogP contribution in [0.4, 0.5) is 15.8 Å². The molecule has 0 aliphatic carbocycles. The van der Waals surface area contributed by atoms with Crippen molar-refractivity contribution in [3.05, 3.63) is 59.9 Å². The lowest BCUT2D eigenvalue weighted by molar-refractivity contribution is 0.393. The monoisotopic (exact) mass is 244 g/mol. The van der Waals surface area contributed by atoms with Crippen molar-refractivity contribution in [2.24, 2.45) is 0 Å². The molecule has 0 saturated carbocycles. The highest BCUT2D eigenvalue weighted by molar-refractivity contribution is 5.63. The molecule has 0 radical (unpaired) electrons. The van der Waals surface area contributed by atoms with Gasteiger partial charge >= 0.3 is 0 Å². The van der Waals surface area contributed by atoms with Gasteiger partial charge in [-0.1, -0.05) is 24.3 Å². The zero-order valence-corrected chi connectivity index (χ0v) is 10.7. The minimum absolute atomic E-state index is 0.176. The highest BCUT2D eigenvalue weighted by Crippen LogP contribution is 2.24. The minimum atomic E-state index is -0.176. The van der Waals surface area contributed by atoms with Crippen LogP contribution in [-0.4, -0.2) is 19.0 Å². The Morgan fingerprint density at radius 2 is 1.72 bits per heavy atom. The first-order valence-corrected chi connectivity index (χ1v) is 5.91. The lowest BCUT2D eigenvalue weighted by Crippen LogP contribution is -2.13. The molecule has 0 spiro atoms. The Morgan fingerprint density at radius 3 is 2.39 bits per heavy atom. The molecule has 0 amide bonds. The minimum Gasteiger partial charge on any atom is -0.355 e. The molecule has 0 atom stereocenters. The highest BCUT2D eigenvalue weighted by atomic mass is 19.1. The van der Waals surface area contributed by atoms with Crippen molar-refractivity contribution in [3.8, 4) is 0 Å². The van der Waals surface area contributed by atoms with Gasteiger partial charge in [0.1, 0.15) is 5.82 Å². The van der Waals surface area contributed by atoms with Crippen molar-refractivity contribution in [2.75, 3.05) is 19.4 Å². The van der Waals surface area contributed by atoms with Gasteiger partial charge in [0, 0.05) is 23.5 Å². The molecule has 18 heavy (non-hydrogen) atoms. The topological polar surface area (TPSA) is 15.3 Å². The fourth-order valence-electron chi connectivity index (χ4n) is 1.83. The van der Waals surface area contributed by atoms with Gasteiger partial charge in [-0.25, -0.2) is 4.39 Å². The molecule has 0 aliphatic heterocycles. The van der Waals surface area contributed by atoms with E-state index in [4.69, 9.17) is 0 Å². The largest absolute Gasteiger partial charge is 0.355 e. The van der Waals surface area contributed by atoms with Gasteiger partial charge in [0.15, 0.2) is 0 Å². The van der Waals surface area contributed by atoms with Gasteiger partial charge in [-0.2, -0.15) is 0 Å². The van der Waals surface area contributed by atoms with Crippen LogP contribution in [-0.2, 0) is 6.54 Å². The molecule has 94 valence electrons. The van der Waals surface area contributed by atoms with E-state index in [1.54, 1.807) is 6.07 Å². The van der Waals surface area contributed by atoms with Crippen molar-refractivity contribution in [1.82, 2.24) is 4.90 Å². The van der Waals surface area contributed by atoms with Crippen molar-refractivity contribution >= 4 is 11.4 Å². The first kappa shape index (κ1) is 12.6. The van der Waals surface area contributed by atoms with E-state index >= 15 is 0 Å². The summed E-state index contributed by atoms with van der Waals surface area (Å²) in [5.74, 6) is -0.176. The second-order valence-electron chi connectivity index (χ2n) is 4.49. The molecule has 2 aromatic rings. The van der Waals surface area contributed by atoms with E-state index < -0.39 is 0 Å². The van der Waals surface area contributed by atoms with Crippen LogP contribution < -0.4 is 5.32 Å². The van der Waals surface area contributed by atoms with Crippen molar-refractivity contribution in [1.29, 1.82) is 0 Å². The first-order valence-electron chi connectivity index (χ1n) is 5.91. The van der Waals surface area contributed by atoms with E-state index in [0.29, 0.717) is 12.1 Å². The Kier molecular flexibility index (Phi) is 3.95. The second kappa shape index (κ2) is 5.65. The molecule has 2 nitrogen and oxygen atoms in total. The van der Waals surface area contributed by atoms with Gasteiger partial charge in [-0.15, -0.1) is 0 Å². The fraction of sp³-hybridized carbons (Fsp3) is 0.200. The third-order valence-corrected chi connectivity index (χ3v) is 2.65. The Bertz CT molecular complexity index is 509. The smallest absolute Gasteiger partial charge is 0.129 e. The number of para-hydroxylation sites is 1. The van der Waals surface area contributed by atoms with Gasteiger partial charge in [0.25, 0.3) is 0 Å². The molecule has 0 bridgehead atoms. The molecule has 1 N–H and O–H groups in total. The summed E-state index contributed by atoms with van der Waals surface area (Å²) in [6.45, 7) is 0.571. The zero-order valence-electron chi connectivity index (χ0n) is 10.7. The normalized spacial score (nSPS) is 10.7. The molecule has 0 heterocycles. The van der Waals surface area contributed by atoms with Gasteiger partial charge in [0.2, 0.25) is 0 Å². The van der Waals surface area contributed by atoms with Gasteiger partial charge < -0.3 is 10.2 Å². The summed E-state index contributed by atoms with van der Waals surface area (Å²) in [7, 11) is 3.86. The van der Waals surface area contributed by atoms with E-state index in [1.165, 1.54) is 6.07 Å². The summed E-state index contributed by atoms with van der Waals surface area (Å²) in [6.07, 6.45) is 0. The summed E-state index contributed by atoms with van der Waals surface area (Å²) in [5, 5.41) is 3.25. The van der Waals surface area contributed by atoms with Crippen molar-refractivity contribution in [2.45, 2.75) is 6.54 Å². The number of rotatable bonds is 4. The van der Waals surface area contributed by atoms with Gasteiger partial charge in [-0.05, 0) is 38.4 Å². The van der Waals surface area contributed by atoms with Crippen LogP contribution in [0.3, 0.4) is 0 Å². The van der Waals surface area contributed by atoms with Gasteiger partial charge in [0.05, 0.1) is 0 Å². The molecule has 0 fully saturated rings. The van der Waals surface area contributed by atoms with Crippen LogP contribution in [0.15, 0.2) is 48.5 Å². The maximum absolute atomic E-state index is 13.8. The number of anilines is 2. The summed E-state index contributed by atoms with van der Waals surface area (Å²) in [5.41, 5.74) is 2.46. The Hall–Kier alpha value is -1.87. The number of halogens is 1. The fourth-order valence-corrected chi connectivity index (χ4v) is 1.83. The predicted octanol–water partition coefficient (Wildman–Crippen LogP) is 3.63. The third-order valence-electron chi connectivity index (χ3n) is 2.65. The van der Waals surface area contributed by atoms with Crippen LogP contribution in [0.1, 0.15) is 5.56 Å². The van der Waals surface area contributed by atoms with Gasteiger partial charge in [-0.3, -0.25) is 0 Å². The molecule has 0 saturated heterocycles. The molecule has 0 aliphatic rings. The first-order chi connectivity index (χ1) is 8.66. The van der Waals surface area contributed by atoms with E-state index in [0.717, 1.165) is 11.4 Å². The average molecular weight is 244 g/mol. The maximum Gasteiger partial charge on any atom is 0.129 e. The number of nitrogens with zero attached hydrogens (tertiary/aromatic N) is 1. The molecular weight excluding hydrogens is 227 g/mol. The summed E-state index contributed by atoms with van der Waals surface area (Å²) in [4.78, 5) is 1.95. The Balaban J connectivity index is 2.30. The zero-order chi connectivity index (χ0) is 13.0. The van der Waals surface area contributed by atoms with Crippen LogP contribution in [0.5, 0.6) is 0 Å². The molecule has 0 aromatic heterocycles. The van der Waals surface area contributed by atoms with E-state index in [1.807, 2.05) is 55.4 Å². The summed E-state index contributed by atoms with van der Waals surface area (Å²) >= 11 is 0. The lowest BCUT2D eigenvalue weighted by Gasteiger charge is -2.16. The number of hydrogen-bond donors (Lipinski definition) is 1. The highest BCUT2D eigenvalue weighted by Gasteiger charge is 2.09. The second-order valence-corrected chi connectivity index (χ2v) is 4.49. The average Bonchev–Trinajstić information content (AvgIpc) is 2.34. The number of hydrogen-bond acceptors (Lipinski definition) is 2. The van der Waals surface area contributed by atoms with Crippen LogP contribution >= 0.6 is 0 Å². The number of nitrogens with one attached hydrogen (secondary N) is 1. The standard InChI is InChI=1S/C15H17FN2/c1-18(2)11-13-14(16)9-6-10-15(13)17-12-7-4-3-5-8-12/h3-10,17H,11H2,1-2H3. The molecule has 3 heteroatoms. The lowest BCUT2D eigenvalue weighted by atomic mass is 10.1. The quantitative estimate of drug-likeness (QED) is 0.883. The van der Waals surface area contributed by atoms with Crippen LogP contribution in [0.2, 0.25) is 0 Å². The van der Waals surface area contributed by atoms with Crippen LogP contribution in [0, 0.1) is 5.82 Å². The van der Waals surface area contributed by atoms with Crippen LogP contribution in [0.25, 0.3) is 0 Å². The maximum atomic E-state index is 13.8. The van der Waals surface area contributed by atoms with E-state index in [2.05, 4.69) is 5.32 Å². The van der Waals surface area contributed by atoms with E-state index in [-0.39, 0.29) is 5.82 Å². The number of benzene rings is 2. The molecule has 0 unspecified atom stereocenters. The Morgan fingerprint density at radius 1 is 1.00 bits per heavy atom. The Labute approximate surface area is 107 Å². The van der Waals surface area contributed by atoms with Crippen molar-refractivity contribution in [3.63, 3.8) is 0 Å². The molecule has 2 aromatic carbocycles. The predicted molar refractivity (Wildman–Crippen MR) is 73.5 cm³/mol. The SMILES string of the molecule is CN(C)Cc1c(F)cccc1Nc1ccccc1. The van der Waals surface area contributed by atoms with Crippen molar-refractivity contribution < 1.29 is 4.39 Å². The third kappa shape index (κ3) is 3.08. The summed E-state index contributed by atoms with van der Waals surface area (Å²) in [6, 6.07) is 14.9. The molecule has 2 rings (SSSR count).